The first kappa shape index (κ1) is 16.8. The van der Waals surface area contributed by atoms with Gasteiger partial charge in [0.05, 0.1) is 52.5 Å². The van der Waals surface area contributed by atoms with Gasteiger partial charge in [0.15, 0.2) is 11.2 Å². The lowest BCUT2D eigenvalue weighted by molar-refractivity contribution is 0.416. The molecule has 6 aromatic rings. The third-order valence-electron chi connectivity index (χ3n) is 5.62. The molecule has 148 valence electrons. The van der Waals surface area contributed by atoms with Crippen molar-refractivity contribution < 1.29 is 9.15 Å². The van der Waals surface area contributed by atoms with Crippen LogP contribution in [0, 0.1) is 0 Å². The highest BCUT2D eigenvalue weighted by molar-refractivity contribution is 6.16. The highest BCUT2D eigenvalue weighted by Crippen LogP contribution is 2.42. The van der Waals surface area contributed by atoms with Crippen LogP contribution in [0.15, 0.2) is 58.1 Å². The summed E-state index contributed by atoms with van der Waals surface area (Å²) in [6.07, 6.45) is 5.40. The fourth-order valence-electron chi connectivity index (χ4n) is 4.24. The summed E-state index contributed by atoms with van der Waals surface area (Å²) in [6.45, 7) is 0. The number of aromatic nitrogens is 5. The van der Waals surface area contributed by atoms with E-state index in [1.165, 1.54) is 0 Å². The Hall–Kier alpha value is -4.07. The summed E-state index contributed by atoms with van der Waals surface area (Å²) < 4.78 is 17.2. The number of fused-ring (bicyclic) bond motifs is 2. The van der Waals surface area contributed by atoms with Crippen LogP contribution in [0.25, 0.3) is 49.7 Å². The summed E-state index contributed by atoms with van der Waals surface area (Å²) in [4.78, 5) is 17.8. The Morgan fingerprint density at radius 2 is 1.93 bits per heavy atom. The van der Waals surface area contributed by atoms with Crippen LogP contribution in [0.5, 0.6) is 5.75 Å². The average Bonchev–Trinajstić information content (AvgIpc) is 3.23. The molecular weight excluding hydrogens is 382 g/mol. The second kappa shape index (κ2) is 5.73. The summed E-state index contributed by atoms with van der Waals surface area (Å²) in [5, 5.41) is 5.08. The van der Waals surface area contributed by atoms with E-state index < -0.39 is 0 Å². The van der Waals surface area contributed by atoms with Crippen LogP contribution in [0.2, 0.25) is 0 Å². The molecule has 2 aromatic carbocycles. The lowest BCUT2D eigenvalue weighted by atomic mass is 10.0. The molecule has 0 amide bonds. The number of aryl methyl sites for hydroxylation is 2. The molecule has 8 nitrogen and oxygen atoms in total. The summed E-state index contributed by atoms with van der Waals surface area (Å²) in [6, 6.07) is 9.40. The number of nitrogens with zero attached hydrogens (tertiary/aromatic N) is 5. The fourth-order valence-corrected chi connectivity index (χ4v) is 4.24. The minimum absolute atomic E-state index is 0.151. The Kier molecular flexibility index (Phi) is 3.22. The monoisotopic (exact) mass is 399 g/mol. The molecule has 0 saturated heterocycles. The van der Waals surface area contributed by atoms with Crippen LogP contribution >= 0.6 is 0 Å². The van der Waals surface area contributed by atoms with Crippen molar-refractivity contribution in [3.8, 4) is 16.9 Å². The first-order chi connectivity index (χ1) is 14.6. The van der Waals surface area contributed by atoms with E-state index in [1.54, 1.807) is 40.2 Å². The number of imidazole rings is 1. The zero-order valence-corrected chi connectivity index (χ0v) is 16.6. The molecule has 0 saturated carbocycles. The number of hydrogen-bond donors (Lipinski definition) is 0. The molecule has 8 heteroatoms. The molecule has 6 rings (SSSR count). The highest BCUT2D eigenvalue weighted by Gasteiger charge is 2.23. The predicted octanol–water partition coefficient (Wildman–Crippen LogP) is 3.49. The van der Waals surface area contributed by atoms with Crippen molar-refractivity contribution in [3.63, 3.8) is 0 Å². The molecule has 0 radical (unpaired) electrons. The summed E-state index contributed by atoms with van der Waals surface area (Å²) in [5.74, 6) is 0.626. The number of para-hydroxylation sites is 2. The normalized spacial score (nSPS) is 12.0. The van der Waals surface area contributed by atoms with Crippen LogP contribution in [0.4, 0.5) is 0 Å². The van der Waals surface area contributed by atoms with Gasteiger partial charge in [0.2, 0.25) is 0 Å². The minimum atomic E-state index is -0.151. The Morgan fingerprint density at radius 3 is 2.70 bits per heavy atom. The van der Waals surface area contributed by atoms with Gasteiger partial charge in [-0.3, -0.25) is 18.6 Å². The Bertz CT molecular complexity index is 1680. The van der Waals surface area contributed by atoms with Crippen molar-refractivity contribution in [2.75, 3.05) is 7.11 Å². The fraction of sp³-hybridized carbons (Fsp3) is 0.136. The van der Waals surface area contributed by atoms with Gasteiger partial charge in [-0.05, 0) is 12.1 Å². The maximum atomic E-state index is 13.2. The zero-order chi connectivity index (χ0) is 20.6. The van der Waals surface area contributed by atoms with Gasteiger partial charge in [-0.25, -0.2) is 4.79 Å². The molecule has 4 aromatic heterocycles. The van der Waals surface area contributed by atoms with E-state index in [0.29, 0.717) is 27.9 Å². The molecule has 0 spiro atoms. The van der Waals surface area contributed by atoms with Gasteiger partial charge < -0.3 is 9.15 Å². The van der Waals surface area contributed by atoms with Crippen molar-refractivity contribution in [3.05, 3.63) is 59.4 Å². The summed E-state index contributed by atoms with van der Waals surface area (Å²) >= 11 is 0. The van der Waals surface area contributed by atoms with E-state index in [-0.39, 0.29) is 5.69 Å². The predicted molar refractivity (Wildman–Crippen MR) is 114 cm³/mol. The number of benzene rings is 2. The first-order valence-electron chi connectivity index (χ1n) is 9.46. The lowest BCUT2D eigenvalue weighted by Crippen LogP contribution is -2.17. The number of rotatable bonds is 2. The maximum absolute atomic E-state index is 13.2. The van der Waals surface area contributed by atoms with Crippen LogP contribution in [-0.4, -0.2) is 30.8 Å². The molecule has 0 aliphatic rings. The smallest absolute Gasteiger partial charge is 0.333 e. The van der Waals surface area contributed by atoms with Crippen molar-refractivity contribution in [2.24, 2.45) is 14.1 Å². The molecular formula is C22H17N5O3. The average molecular weight is 399 g/mol. The third-order valence-corrected chi connectivity index (χ3v) is 5.62. The van der Waals surface area contributed by atoms with Crippen LogP contribution in [0.3, 0.4) is 0 Å². The van der Waals surface area contributed by atoms with E-state index in [1.807, 2.05) is 43.6 Å². The van der Waals surface area contributed by atoms with Crippen LogP contribution in [0.1, 0.15) is 0 Å². The van der Waals surface area contributed by atoms with E-state index in [9.17, 15) is 4.79 Å². The van der Waals surface area contributed by atoms with E-state index in [0.717, 1.165) is 27.5 Å². The second-order valence-electron chi connectivity index (χ2n) is 7.32. The number of hydrogen-bond acceptors (Lipinski definition) is 5. The molecule has 0 bridgehead atoms. The van der Waals surface area contributed by atoms with Crippen LogP contribution < -0.4 is 10.4 Å². The number of ether oxygens (including phenoxy) is 1. The zero-order valence-electron chi connectivity index (χ0n) is 16.6. The Labute approximate surface area is 169 Å². The maximum Gasteiger partial charge on any atom is 0.333 e. The molecule has 30 heavy (non-hydrogen) atoms. The first-order valence-corrected chi connectivity index (χ1v) is 9.46. The molecule has 0 N–H and O–H groups in total. The second-order valence-corrected chi connectivity index (χ2v) is 7.32. The number of methoxy groups -OCH3 is 1. The summed E-state index contributed by atoms with van der Waals surface area (Å²) in [5.41, 5.74) is 5.53. The van der Waals surface area contributed by atoms with Crippen molar-refractivity contribution in [2.45, 2.75) is 0 Å². The van der Waals surface area contributed by atoms with E-state index in [4.69, 9.17) is 9.15 Å². The van der Waals surface area contributed by atoms with Gasteiger partial charge in [0.25, 0.3) is 0 Å². The summed E-state index contributed by atoms with van der Waals surface area (Å²) in [7, 11) is 5.24. The molecule has 0 aliphatic heterocycles. The van der Waals surface area contributed by atoms with Crippen molar-refractivity contribution in [1.29, 1.82) is 0 Å². The minimum Gasteiger partial charge on any atom is -0.496 e. The molecule has 0 fully saturated rings. The third kappa shape index (κ3) is 2.02. The van der Waals surface area contributed by atoms with Crippen LogP contribution in [-0.2, 0) is 14.1 Å². The van der Waals surface area contributed by atoms with Gasteiger partial charge in [-0.1, -0.05) is 12.1 Å². The lowest BCUT2D eigenvalue weighted by Gasteiger charge is -2.11. The standard InChI is InChI=1S/C22H17N5O3/c1-25-11-12(9-24-25)18-17(29-3)8-13-19-20-15(10-23-13)26(2)22(28)27(20)14-6-4-5-7-16(14)30-21(18)19/h4-11H,1-3H3. The molecule has 4 heterocycles. The van der Waals surface area contributed by atoms with Gasteiger partial charge >= 0.3 is 5.69 Å². The topological polar surface area (TPSA) is 79.5 Å². The van der Waals surface area contributed by atoms with Gasteiger partial charge in [-0.15, -0.1) is 0 Å². The van der Waals surface area contributed by atoms with Gasteiger partial charge in [0.1, 0.15) is 5.75 Å². The molecule has 0 aliphatic carbocycles. The van der Waals surface area contributed by atoms with Gasteiger partial charge in [-0.2, -0.15) is 5.10 Å². The van der Waals surface area contributed by atoms with E-state index in [2.05, 4.69) is 10.1 Å². The molecule has 0 atom stereocenters. The largest absolute Gasteiger partial charge is 0.496 e. The SMILES string of the molecule is COc1cc2ncc3c4c2c(oc2ccccc2n4c(=O)n3C)c1-c1cnn(C)c1. The molecule has 0 unspecified atom stereocenters. The van der Waals surface area contributed by atoms with Gasteiger partial charge in [0, 0.05) is 31.9 Å². The Morgan fingerprint density at radius 1 is 1.10 bits per heavy atom. The van der Waals surface area contributed by atoms with Crippen molar-refractivity contribution in [1.82, 2.24) is 23.7 Å². The van der Waals surface area contributed by atoms with Crippen molar-refractivity contribution >= 4 is 38.6 Å². The number of pyridine rings is 1. The quantitative estimate of drug-likeness (QED) is 0.445. The van der Waals surface area contributed by atoms with E-state index >= 15 is 0 Å². The highest BCUT2D eigenvalue weighted by atomic mass is 16.5. The Balaban J connectivity index is 2.02.